The lowest BCUT2D eigenvalue weighted by molar-refractivity contribution is 0.244. The van der Waals surface area contributed by atoms with Gasteiger partial charge >= 0.3 is 0 Å². The topological polar surface area (TPSA) is 21.3 Å². The van der Waals surface area contributed by atoms with E-state index in [9.17, 15) is 4.39 Å². The zero-order valence-corrected chi connectivity index (χ0v) is 9.40. The molecule has 2 rings (SSSR count). The summed E-state index contributed by atoms with van der Waals surface area (Å²) in [6.07, 6.45) is 0.867. The summed E-state index contributed by atoms with van der Waals surface area (Å²) >= 11 is 3.41. The van der Waals surface area contributed by atoms with E-state index in [1.165, 1.54) is 6.07 Å². The molecule has 0 saturated carbocycles. The summed E-state index contributed by atoms with van der Waals surface area (Å²) in [6.45, 7) is 0.561. The minimum atomic E-state index is -0.289. The Morgan fingerprint density at radius 2 is 2.36 bits per heavy atom. The smallest absolute Gasteiger partial charge is 0.165 e. The van der Waals surface area contributed by atoms with E-state index in [4.69, 9.17) is 4.74 Å². The number of halogens is 2. The quantitative estimate of drug-likeness (QED) is 0.838. The van der Waals surface area contributed by atoms with Gasteiger partial charge in [-0.05, 0) is 19.2 Å². The van der Waals surface area contributed by atoms with Crippen LogP contribution in [0.4, 0.5) is 4.39 Å². The number of nitrogens with one attached hydrogen (secondary N) is 1. The van der Waals surface area contributed by atoms with E-state index in [1.807, 2.05) is 7.05 Å². The maximum atomic E-state index is 13.4. The molecule has 0 spiro atoms. The van der Waals surface area contributed by atoms with E-state index in [0.29, 0.717) is 12.4 Å². The molecule has 0 radical (unpaired) electrons. The fraction of sp³-hybridized carbons (Fsp3) is 0.400. The van der Waals surface area contributed by atoms with Crippen molar-refractivity contribution in [1.82, 2.24) is 5.32 Å². The Kier molecular flexibility index (Phi) is 2.74. The van der Waals surface area contributed by atoms with Crippen molar-refractivity contribution in [2.45, 2.75) is 12.5 Å². The van der Waals surface area contributed by atoms with Crippen molar-refractivity contribution in [3.63, 3.8) is 0 Å². The monoisotopic (exact) mass is 259 g/mol. The number of rotatable bonds is 1. The lowest BCUT2D eigenvalue weighted by Crippen LogP contribution is -2.25. The average Bonchev–Trinajstić information content (AvgIpc) is 2.23. The van der Waals surface area contributed by atoms with Crippen LogP contribution < -0.4 is 10.1 Å². The van der Waals surface area contributed by atoms with Crippen LogP contribution in [0.25, 0.3) is 0 Å². The molecular weight excluding hydrogens is 249 g/mol. The Morgan fingerprint density at radius 1 is 1.57 bits per heavy atom. The van der Waals surface area contributed by atoms with Crippen molar-refractivity contribution in [1.29, 1.82) is 0 Å². The highest BCUT2D eigenvalue weighted by molar-refractivity contribution is 9.10. The Balaban J connectivity index is 2.55. The molecule has 1 aliphatic rings. The second-order valence-corrected chi connectivity index (χ2v) is 4.10. The summed E-state index contributed by atoms with van der Waals surface area (Å²) in [5, 5.41) is 3.15. The predicted molar refractivity (Wildman–Crippen MR) is 56.0 cm³/mol. The molecule has 0 fully saturated rings. The molecule has 76 valence electrons. The van der Waals surface area contributed by atoms with Crippen molar-refractivity contribution in [3.8, 4) is 5.75 Å². The zero-order chi connectivity index (χ0) is 10.1. The zero-order valence-electron chi connectivity index (χ0n) is 7.81. The summed E-state index contributed by atoms with van der Waals surface area (Å²) in [4.78, 5) is 0. The third kappa shape index (κ3) is 1.53. The van der Waals surface area contributed by atoms with Crippen molar-refractivity contribution in [2.75, 3.05) is 13.7 Å². The van der Waals surface area contributed by atoms with Gasteiger partial charge in [0.1, 0.15) is 0 Å². The molecule has 0 bridgehead atoms. The van der Waals surface area contributed by atoms with E-state index in [2.05, 4.69) is 21.2 Å². The van der Waals surface area contributed by atoms with Gasteiger partial charge in [0.05, 0.1) is 6.61 Å². The Bertz CT molecular complexity index is 356. The fourth-order valence-electron chi connectivity index (χ4n) is 1.73. The van der Waals surface area contributed by atoms with E-state index < -0.39 is 0 Å². The van der Waals surface area contributed by atoms with Crippen LogP contribution in [-0.4, -0.2) is 13.7 Å². The van der Waals surface area contributed by atoms with Crippen molar-refractivity contribution in [3.05, 3.63) is 28.0 Å². The number of fused-ring (bicyclic) bond motifs is 1. The largest absolute Gasteiger partial charge is 0.490 e. The molecule has 1 atom stereocenters. The number of hydrogen-bond acceptors (Lipinski definition) is 2. The molecule has 0 amide bonds. The summed E-state index contributed by atoms with van der Waals surface area (Å²) in [7, 11) is 1.87. The normalized spacial score (nSPS) is 20.1. The Morgan fingerprint density at radius 3 is 3.07 bits per heavy atom. The standard InChI is InChI=1S/C10H11BrFNO/c1-13-8-4-5-14-10-7(12)3-2-6(11)9(8)10/h2-3,8,13H,4-5H2,1H3. The van der Waals surface area contributed by atoms with Gasteiger partial charge in [0.25, 0.3) is 0 Å². The lowest BCUT2D eigenvalue weighted by atomic mass is 10.0. The number of hydrogen-bond donors (Lipinski definition) is 1. The first kappa shape index (κ1) is 9.93. The van der Waals surface area contributed by atoms with Gasteiger partial charge in [-0.25, -0.2) is 4.39 Å². The second kappa shape index (κ2) is 3.87. The van der Waals surface area contributed by atoms with Gasteiger partial charge in [-0.15, -0.1) is 0 Å². The molecule has 1 unspecified atom stereocenters. The van der Waals surface area contributed by atoms with Gasteiger partial charge < -0.3 is 10.1 Å². The van der Waals surface area contributed by atoms with E-state index >= 15 is 0 Å². The molecule has 0 saturated heterocycles. The Labute approximate surface area is 90.6 Å². The lowest BCUT2D eigenvalue weighted by Gasteiger charge is -2.26. The molecule has 14 heavy (non-hydrogen) atoms. The molecule has 0 aliphatic carbocycles. The average molecular weight is 260 g/mol. The molecule has 0 aromatic heterocycles. The van der Waals surface area contributed by atoms with Gasteiger partial charge in [-0.1, -0.05) is 15.9 Å². The first-order chi connectivity index (χ1) is 6.74. The van der Waals surface area contributed by atoms with E-state index in [1.54, 1.807) is 6.07 Å². The maximum absolute atomic E-state index is 13.4. The van der Waals surface area contributed by atoms with Crippen molar-refractivity contribution < 1.29 is 9.13 Å². The molecule has 1 aromatic carbocycles. The van der Waals surface area contributed by atoms with Crippen LogP contribution in [-0.2, 0) is 0 Å². The van der Waals surface area contributed by atoms with Crippen LogP contribution in [0.2, 0.25) is 0 Å². The Hall–Kier alpha value is -0.610. The number of ether oxygens (including phenoxy) is 1. The first-order valence-electron chi connectivity index (χ1n) is 4.52. The van der Waals surface area contributed by atoms with Crippen LogP contribution in [0.5, 0.6) is 5.75 Å². The molecule has 1 aliphatic heterocycles. The third-order valence-corrected chi connectivity index (χ3v) is 3.14. The van der Waals surface area contributed by atoms with Crippen molar-refractivity contribution in [2.24, 2.45) is 0 Å². The van der Waals surface area contributed by atoms with Crippen molar-refractivity contribution >= 4 is 15.9 Å². The van der Waals surface area contributed by atoms with Crippen LogP contribution in [0.15, 0.2) is 16.6 Å². The van der Waals surface area contributed by atoms with Crippen LogP contribution in [0.3, 0.4) is 0 Å². The second-order valence-electron chi connectivity index (χ2n) is 3.25. The molecule has 1 aromatic rings. The summed E-state index contributed by atoms with van der Waals surface area (Å²) in [6, 6.07) is 3.30. The van der Waals surface area contributed by atoms with Gasteiger partial charge in [0.2, 0.25) is 0 Å². The highest BCUT2D eigenvalue weighted by Gasteiger charge is 2.25. The number of benzene rings is 1. The van der Waals surface area contributed by atoms with Crippen LogP contribution in [0, 0.1) is 5.82 Å². The van der Waals surface area contributed by atoms with Gasteiger partial charge in [0, 0.05) is 22.5 Å². The molecule has 1 N–H and O–H groups in total. The van der Waals surface area contributed by atoms with Gasteiger partial charge in [-0.2, -0.15) is 0 Å². The predicted octanol–water partition coefficient (Wildman–Crippen LogP) is 2.63. The van der Waals surface area contributed by atoms with E-state index in [0.717, 1.165) is 16.5 Å². The third-order valence-electron chi connectivity index (χ3n) is 2.44. The maximum Gasteiger partial charge on any atom is 0.165 e. The van der Waals surface area contributed by atoms with E-state index in [-0.39, 0.29) is 11.9 Å². The molecule has 4 heteroatoms. The molecule has 1 heterocycles. The van der Waals surface area contributed by atoms with Crippen LogP contribution in [0.1, 0.15) is 18.0 Å². The summed E-state index contributed by atoms with van der Waals surface area (Å²) < 4.78 is 19.6. The first-order valence-corrected chi connectivity index (χ1v) is 5.31. The SMILES string of the molecule is CNC1CCOc2c(F)ccc(Br)c21. The van der Waals surface area contributed by atoms with Gasteiger partial charge in [-0.3, -0.25) is 0 Å². The summed E-state index contributed by atoms with van der Waals surface area (Å²) in [5.74, 6) is 0.0909. The van der Waals surface area contributed by atoms with Gasteiger partial charge in [0.15, 0.2) is 11.6 Å². The molecule has 2 nitrogen and oxygen atoms in total. The minimum absolute atomic E-state index is 0.170. The van der Waals surface area contributed by atoms with Crippen LogP contribution >= 0.6 is 15.9 Å². The fourth-order valence-corrected chi connectivity index (χ4v) is 2.32. The molecular formula is C10H11BrFNO. The highest BCUT2D eigenvalue weighted by atomic mass is 79.9. The summed E-state index contributed by atoms with van der Waals surface area (Å²) in [5.41, 5.74) is 0.888. The minimum Gasteiger partial charge on any atom is -0.490 e. The highest BCUT2D eigenvalue weighted by Crippen LogP contribution is 2.38.